The molecule has 1 heterocycles. The lowest BCUT2D eigenvalue weighted by Crippen LogP contribution is -2.72. The first-order valence-electron chi connectivity index (χ1n) is 9.07. The number of nitrogens with one attached hydrogen (secondary N) is 2. The van der Waals surface area contributed by atoms with Crippen molar-refractivity contribution in [1.29, 1.82) is 0 Å². The van der Waals surface area contributed by atoms with E-state index in [1.807, 2.05) is 25.2 Å². The lowest BCUT2D eigenvalue weighted by molar-refractivity contribution is -0.171. The number of aliphatic imine (C=N–C) groups is 1. The van der Waals surface area contributed by atoms with Crippen LogP contribution in [0.4, 0.5) is 0 Å². The highest BCUT2D eigenvalue weighted by Crippen LogP contribution is 2.62. The molecular formula is C19H27ClIN3O. The van der Waals surface area contributed by atoms with Gasteiger partial charge in [0, 0.05) is 42.6 Å². The molecule has 3 unspecified atom stereocenters. The van der Waals surface area contributed by atoms with Crippen LogP contribution in [-0.4, -0.2) is 38.3 Å². The molecular weight excluding hydrogens is 449 g/mol. The molecule has 25 heavy (non-hydrogen) atoms. The summed E-state index contributed by atoms with van der Waals surface area (Å²) < 4.78 is 5.99. The van der Waals surface area contributed by atoms with Gasteiger partial charge in [-0.2, -0.15) is 0 Å². The predicted molar refractivity (Wildman–Crippen MR) is 113 cm³/mol. The Morgan fingerprint density at radius 3 is 2.84 bits per heavy atom. The van der Waals surface area contributed by atoms with Gasteiger partial charge in [0.05, 0.1) is 6.10 Å². The fraction of sp³-hybridized carbons (Fsp3) is 0.632. The minimum Gasteiger partial charge on any atom is -0.377 e. The third-order valence-electron chi connectivity index (χ3n) is 6.20. The van der Waals surface area contributed by atoms with E-state index in [9.17, 15) is 0 Å². The van der Waals surface area contributed by atoms with E-state index in [4.69, 9.17) is 16.3 Å². The number of hydrogen-bond donors (Lipinski definition) is 2. The Morgan fingerprint density at radius 1 is 1.36 bits per heavy atom. The third-order valence-corrected chi connectivity index (χ3v) is 6.57. The molecule has 1 aromatic carbocycles. The SMILES string of the molecule is CN=C(NCCc1ccccc1Cl)NC1C2CCOC2C12CCC2.I. The molecule has 3 atom stereocenters. The van der Waals surface area contributed by atoms with Crippen molar-refractivity contribution in [3.63, 3.8) is 0 Å². The van der Waals surface area contributed by atoms with Gasteiger partial charge < -0.3 is 15.4 Å². The maximum atomic E-state index is 6.23. The molecule has 0 radical (unpaired) electrons. The lowest BCUT2D eigenvalue weighted by Gasteiger charge is -2.63. The first-order chi connectivity index (χ1) is 11.7. The van der Waals surface area contributed by atoms with E-state index in [2.05, 4.69) is 21.7 Å². The Labute approximate surface area is 172 Å². The van der Waals surface area contributed by atoms with E-state index in [0.717, 1.165) is 30.6 Å². The van der Waals surface area contributed by atoms with Crippen LogP contribution in [0.5, 0.6) is 0 Å². The van der Waals surface area contributed by atoms with Crippen molar-refractivity contribution in [2.24, 2.45) is 16.3 Å². The van der Waals surface area contributed by atoms with Crippen LogP contribution in [0, 0.1) is 11.3 Å². The van der Waals surface area contributed by atoms with Gasteiger partial charge in [-0.1, -0.05) is 36.2 Å². The molecule has 138 valence electrons. The van der Waals surface area contributed by atoms with Crippen LogP contribution in [0.2, 0.25) is 5.02 Å². The van der Waals surface area contributed by atoms with Gasteiger partial charge in [0.2, 0.25) is 0 Å². The van der Waals surface area contributed by atoms with Crippen LogP contribution < -0.4 is 10.6 Å². The number of fused-ring (bicyclic) bond motifs is 2. The van der Waals surface area contributed by atoms with Gasteiger partial charge in [-0.25, -0.2) is 0 Å². The maximum absolute atomic E-state index is 6.23. The largest absolute Gasteiger partial charge is 0.377 e. The fourth-order valence-corrected chi connectivity index (χ4v) is 5.04. The Balaban J connectivity index is 0.00000182. The number of halogens is 2. The molecule has 3 fully saturated rings. The van der Waals surface area contributed by atoms with Gasteiger partial charge in [-0.15, -0.1) is 24.0 Å². The number of hydrogen-bond acceptors (Lipinski definition) is 2. The summed E-state index contributed by atoms with van der Waals surface area (Å²) in [5.74, 6) is 1.57. The molecule has 1 saturated heterocycles. The molecule has 6 heteroatoms. The molecule has 0 aromatic heterocycles. The van der Waals surface area contributed by atoms with Crippen LogP contribution in [0.25, 0.3) is 0 Å². The topological polar surface area (TPSA) is 45.7 Å². The number of rotatable bonds is 4. The van der Waals surface area contributed by atoms with E-state index in [0.29, 0.717) is 23.5 Å². The summed E-state index contributed by atoms with van der Waals surface area (Å²) in [6.07, 6.45) is 6.49. The Kier molecular flexibility index (Phi) is 6.16. The molecule has 4 rings (SSSR count). The highest BCUT2D eigenvalue weighted by atomic mass is 127. The molecule has 1 aliphatic heterocycles. The van der Waals surface area contributed by atoms with Crippen molar-refractivity contribution in [1.82, 2.24) is 10.6 Å². The van der Waals surface area contributed by atoms with Crippen LogP contribution in [0.3, 0.4) is 0 Å². The Bertz CT molecular complexity index is 635. The van der Waals surface area contributed by atoms with Crippen molar-refractivity contribution in [3.8, 4) is 0 Å². The third kappa shape index (κ3) is 3.39. The zero-order valence-electron chi connectivity index (χ0n) is 14.6. The van der Waals surface area contributed by atoms with Gasteiger partial charge in [-0.05, 0) is 37.3 Å². The number of nitrogens with zero attached hydrogens (tertiary/aromatic N) is 1. The second-order valence-corrected chi connectivity index (χ2v) is 7.70. The molecule has 1 spiro atoms. The molecule has 2 saturated carbocycles. The molecule has 2 N–H and O–H groups in total. The van der Waals surface area contributed by atoms with E-state index in [1.165, 1.54) is 31.2 Å². The van der Waals surface area contributed by atoms with Crippen molar-refractivity contribution >= 4 is 41.5 Å². The summed E-state index contributed by atoms with van der Waals surface area (Å²) in [6.45, 7) is 1.75. The zero-order valence-corrected chi connectivity index (χ0v) is 17.7. The standard InChI is InChI=1S/C19H26ClN3O.HI/c1-21-18(22-11-7-13-5-2-3-6-15(13)20)23-16-14-8-12-24-17(14)19(16)9-4-10-19;/h2-3,5-6,14,16-17H,4,7-12H2,1H3,(H2,21,22,23);1H. The first kappa shape index (κ1) is 19.2. The molecule has 2 aliphatic carbocycles. The van der Waals surface area contributed by atoms with Crippen molar-refractivity contribution in [2.75, 3.05) is 20.2 Å². The van der Waals surface area contributed by atoms with E-state index in [1.54, 1.807) is 0 Å². The van der Waals surface area contributed by atoms with Gasteiger partial charge in [-0.3, -0.25) is 4.99 Å². The quantitative estimate of drug-likeness (QED) is 0.397. The van der Waals surface area contributed by atoms with Crippen LogP contribution in [-0.2, 0) is 11.2 Å². The zero-order chi connectivity index (χ0) is 16.6. The summed E-state index contributed by atoms with van der Waals surface area (Å²) in [5.41, 5.74) is 1.55. The minimum atomic E-state index is 0. The summed E-state index contributed by atoms with van der Waals surface area (Å²) in [4.78, 5) is 4.42. The van der Waals surface area contributed by atoms with Gasteiger partial charge in [0.1, 0.15) is 0 Å². The maximum Gasteiger partial charge on any atom is 0.191 e. The fourth-order valence-electron chi connectivity index (χ4n) is 4.81. The van der Waals surface area contributed by atoms with Gasteiger partial charge >= 0.3 is 0 Å². The van der Waals surface area contributed by atoms with E-state index < -0.39 is 0 Å². The second-order valence-electron chi connectivity index (χ2n) is 7.29. The Morgan fingerprint density at radius 2 is 2.16 bits per heavy atom. The van der Waals surface area contributed by atoms with E-state index >= 15 is 0 Å². The molecule has 4 nitrogen and oxygen atoms in total. The second kappa shape index (κ2) is 8.01. The lowest BCUT2D eigenvalue weighted by atomic mass is 9.46. The number of ether oxygens (including phenoxy) is 1. The molecule has 1 aromatic rings. The Hall–Kier alpha value is -0.530. The van der Waals surface area contributed by atoms with Crippen molar-refractivity contribution in [3.05, 3.63) is 34.9 Å². The van der Waals surface area contributed by atoms with E-state index in [-0.39, 0.29) is 24.0 Å². The highest BCUT2D eigenvalue weighted by Gasteiger charge is 2.66. The summed E-state index contributed by atoms with van der Waals surface area (Å²) in [5, 5.41) is 7.98. The summed E-state index contributed by atoms with van der Waals surface area (Å²) in [6, 6.07) is 8.54. The minimum absolute atomic E-state index is 0. The number of guanidine groups is 1. The van der Waals surface area contributed by atoms with Crippen molar-refractivity contribution in [2.45, 2.75) is 44.2 Å². The average Bonchev–Trinajstić information content (AvgIpc) is 2.96. The molecule has 3 aliphatic rings. The molecule has 0 bridgehead atoms. The van der Waals surface area contributed by atoms with Crippen molar-refractivity contribution < 1.29 is 4.74 Å². The van der Waals surface area contributed by atoms with Crippen LogP contribution in [0.15, 0.2) is 29.3 Å². The van der Waals surface area contributed by atoms with Crippen LogP contribution >= 0.6 is 35.6 Å². The number of benzene rings is 1. The summed E-state index contributed by atoms with van der Waals surface area (Å²) in [7, 11) is 1.85. The summed E-state index contributed by atoms with van der Waals surface area (Å²) >= 11 is 6.23. The monoisotopic (exact) mass is 475 g/mol. The normalized spacial score (nSPS) is 29.2. The highest BCUT2D eigenvalue weighted by molar-refractivity contribution is 14.0. The first-order valence-corrected chi connectivity index (χ1v) is 9.44. The predicted octanol–water partition coefficient (Wildman–Crippen LogP) is 3.62. The van der Waals surface area contributed by atoms with Gasteiger partial charge in [0.15, 0.2) is 5.96 Å². The molecule has 0 amide bonds. The van der Waals surface area contributed by atoms with Gasteiger partial charge in [0.25, 0.3) is 0 Å². The van der Waals surface area contributed by atoms with Crippen LogP contribution in [0.1, 0.15) is 31.2 Å². The smallest absolute Gasteiger partial charge is 0.191 e. The average molecular weight is 476 g/mol.